The lowest BCUT2D eigenvalue weighted by Gasteiger charge is -2.38. The third kappa shape index (κ3) is 4.86. The van der Waals surface area contributed by atoms with E-state index in [0.717, 1.165) is 23.1 Å². The van der Waals surface area contributed by atoms with Crippen molar-refractivity contribution in [2.24, 2.45) is 5.92 Å². The number of nitrogens with zero attached hydrogens (tertiary/aromatic N) is 1. The molecule has 3 aromatic carbocycles. The second kappa shape index (κ2) is 9.73. The quantitative estimate of drug-likeness (QED) is 0.401. The minimum atomic E-state index is -1.08. The van der Waals surface area contributed by atoms with Crippen LogP contribution >= 0.6 is 34.8 Å². The highest BCUT2D eigenvalue weighted by Crippen LogP contribution is 2.52. The Bertz CT molecular complexity index is 1310. The van der Waals surface area contributed by atoms with Gasteiger partial charge in [0.25, 0.3) is 0 Å². The number of carbonyl (C=O) groups excluding carboxylic acids is 1. The van der Waals surface area contributed by atoms with E-state index in [2.05, 4.69) is 6.07 Å². The van der Waals surface area contributed by atoms with E-state index in [-0.39, 0.29) is 17.7 Å². The lowest BCUT2D eigenvalue weighted by atomic mass is 9.87. The lowest BCUT2D eigenvalue weighted by molar-refractivity contribution is -0.139. The average molecular weight is 531 g/mol. The summed E-state index contributed by atoms with van der Waals surface area (Å²) in [5, 5.41) is 10.8. The van der Waals surface area contributed by atoms with Crippen LogP contribution in [-0.4, -0.2) is 35.0 Å². The second-order valence-corrected chi connectivity index (χ2v) is 10.1. The highest BCUT2D eigenvalue weighted by atomic mass is 35.5. The zero-order valence-electron chi connectivity index (χ0n) is 18.6. The van der Waals surface area contributed by atoms with Crippen molar-refractivity contribution in [2.75, 3.05) is 13.2 Å². The molecule has 1 N–H and O–H groups in total. The smallest absolute Gasteiger partial charge is 0.341 e. The first kappa shape index (κ1) is 24.0. The van der Waals surface area contributed by atoms with Crippen molar-refractivity contribution in [3.63, 3.8) is 0 Å². The Labute approximate surface area is 218 Å². The number of carboxylic acid groups (broad SMARTS) is 1. The Morgan fingerprint density at radius 2 is 1.69 bits per heavy atom. The van der Waals surface area contributed by atoms with Crippen molar-refractivity contribution in [3.05, 3.63) is 98.0 Å². The van der Waals surface area contributed by atoms with Crippen molar-refractivity contribution in [2.45, 2.75) is 24.8 Å². The molecule has 3 aromatic rings. The van der Waals surface area contributed by atoms with Gasteiger partial charge < -0.3 is 14.7 Å². The molecular formula is C27H22Cl3NO4. The van der Waals surface area contributed by atoms with Gasteiger partial charge in [0.15, 0.2) is 6.61 Å². The van der Waals surface area contributed by atoms with Crippen molar-refractivity contribution < 1.29 is 19.4 Å². The van der Waals surface area contributed by atoms with Crippen LogP contribution in [0.1, 0.15) is 40.6 Å². The van der Waals surface area contributed by atoms with Crippen LogP contribution in [0, 0.1) is 5.92 Å². The number of ether oxygens (including phenoxy) is 1. The minimum Gasteiger partial charge on any atom is -0.482 e. The van der Waals surface area contributed by atoms with E-state index in [1.807, 2.05) is 29.2 Å². The second-order valence-electron chi connectivity index (χ2n) is 8.86. The molecule has 2 aliphatic rings. The summed E-state index contributed by atoms with van der Waals surface area (Å²) in [5.74, 6) is -0.811. The predicted octanol–water partition coefficient (Wildman–Crippen LogP) is 6.39. The zero-order chi connectivity index (χ0) is 24.7. The van der Waals surface area contributed by atoms with Gasteiger partial charge >= 0.3 is 5.97 Å². The molecule has 1 aliphatic heterocycles. The molecule has 3 atom stereocenters. The molecule has 35 heavy (non-hydrogen) atoms. The minimum absolute atomic E-state index is 0.0321. The number of hydrogen-bond donors (Lipinski definition) is 1. The van der Waals surface area contributed by atoms with Gasteiger partial charge in [0, 0.05) is 33.1 Å². The van der Waals surface area contributed by atoms with Crippen LogP contribution in [0.5, 0.6) is 5.75 Å². The Balaban J connectivity index is 1.51. The summed E-state index contributed by atoms with van der Waals surface area (Å²) < 4.78 is 5.62. The van der Waals surface area contributed by atoms with E-state index in [0.29, 0.717) is 39.3 Å². The van der Waals surface area contributed by atoms with Crippen molar-refractivity contribution >= 4 is 46.7 Å². The summed E-state index contributed by atoms with van der Waals surface area (Å²) in [6, 6.07) is 18.0. The van der Waals surface area contributed by atoms with Gasteiger partial charge in [-0.05, 0) is 65.8 Å². The largest absolute Gasteiger partial charge is 0.482 e. The molecule has 0 radical (unpaired) electrons. The third-order valence-electron chi connectivity index (χ3n) is 6.65. The van der Waals surface area contributed by atoms with E-state index in [1.165, 1.54) is 0 Å². The number of carbonyl (C=O) groups is 2. The van der Waals surface area contributed by atoms with Crippen LogP contribution in [0.2, 0.25) is 15.1 Å². The van der Waals surface area contributed by atoms with Crippen molar-refractivity contribution in [1.29, 1.82) is 0 Å². The molecule has 5 rings (SSSR count). The van der Waals surface area contributed by atoms with Crippen LogP contribution in [0.25, 0.3) is 0 Å². The normalized spacial score (nSPS) is 20.8. The first-order valence-corrected chi connectivity index (χ1v) is 12.4. The first-order valence-electron chi connectivity index (χ1n) is 11.3. The Morgan fingerprint density at radius 1 is 0.943 bits per heavy atom. The van der Waals surface area contributed by atoms with Gasteiger partial charge in [-0.1, -0.05) is 65.1 Å². The maximum Gasteiger partial charge on any atom is 0.341 e. The van der Waals surface area contributed by atoms with E-state index < -0.39 is 18.6 Å². The molecule has 1 heterocycles. The zero-order valence-corrected chi connectivity index (χ0v) is 20.9. The van der Waals surface area contributed by atoms with E-state index in [1.54, 1.807) is 30.3 Å². The van der Waals surface area contributed by atoms with Crippen LogP contribution < -0.4 is 4.74 Å². The molecule has 8 heteroatoms. The Kier molecular flexibility index (Phi) is 6.67. The number of aliphatic carboxylic acids is 1. The number of hydrogen-bond acceptors (Lipinski definition) is 3. The number of halogens is 3. The maximum absolute atomic E-state index is 13.9. The van der Waals surface area contributed by atoms with E-state index in [4.69, 9.17) is 44.6 Å². The van der Waals surface area contributed by atoms with Crippen LogP contribution in [-0.2, 0) is 16.0 Å². The highest BCUT2D eigenvalue weighted by Gasteiger charge is 2.49. The standard InChI is InChI=1S/C27H22Cl3NO4/c28-16-6-8-24(35-14-25(32)33)22(11-16)26-18-4-2-1-3-15(18)9-10-31(26)27(34)21-13-20(21)19-7-5-17(29)12-23(19)30/h1-8,11-12,20-21,26H,9-10,13-14H2,(H,32,33). The highest BCUT2D eigenvalue weighted by molar-refractivity contribution is 6.35. The van der Waals surface area contributed by atoms with Gasteiger partial charge in [0.1, 0.15) is 5.75 Å². The number of benzene rings is 3. The van der Waals surface area contributed by atoms with E-state index in [9.17, 15) is 9.59 Å². The summed E-state index contributed by atoms with van der Waals surface area (Å²) >= 11 is 18.8. The number of amides is 1. The summed E-state index contributed by atoms with van der Waals surface area (Å²) in [6.45, 7) is 0.0413. The first-order chi connectivity index (χ1) is 16.8. The molecule has 1 saturated carbocycles. The van der Waals surface area contributed by atoms with Crippen molar-refractivity contribution in [1.82, 2.24) is 4.90 Å². The van der Waals surface area contributed by atoms with Crippen LogP contribution in [0.4, 0.5) is 0 Å². The molecule has 3 unspecified atom stereocenters. The molecule has 0 spiro atoms. The maximum atomic E-state index is 13.9. The molecule has 0 bridgehead atoms. The predicted molar refractivity (Wildman–Crippen MR) is 136 cm³/mol. The van der Waals surface area contributed by atoms with Gasteiger partial charge in [0.05, 0.1) is 6.04 Å². The summed E-state index contributed by atoms with van der Waals surface area (Å²) in [4.78, 5) is 26.9. The molecule has 0 saturated heterocycles. The third-order valence-corrected chi connectivity index (χ3v) is 7.45. The van der Waals surface area contributed by atoms with Gasteiger partial charge in [-0.2, -0.15) is 0 Å². The molecular weight excluding hydrogens is 509 g/mol. The summed E-state index contributed by atoms with van der Waals surface area (Å²) in [5.41, 5.74) is 3.72. The van der Waals surface area contributed by atoms with Gasteiger partial charge in [-0.15, -0.1) is 0 Å². The monoisotopic (exact) mass is 529 g/mol. The molecule has 1 fully saturated rings. The topological polar surface area (TPSA) is 66.8 Å². The Hall–Kier alpha value is -2.73. The molecule has 1 aliphatic carbocycles. The molecule has 5 nitrogen and oxygen atoms in total. The average Bonchev–Trinajstić information content (AvgIpc) is 3.62. The molecule has 0 aromatic heterocycles. The summed E-state index contributed by atoms with van der Waals surface area (Å²) in [6.07, 6.45) is 1.44. The van der Waals surface area contributed by atoms with Gasteiger partial charge in [-0.3, -0.25) is 4.79 Å². The Morgan fingerprint density at radius 3 is 2.46 bits per heavy atom. The van der Waals surface area contributed by atoms with Crippen LogP contribution in [0.3, 0.4) is 0 Å². The van der Waals surface area contributed by atoms with Crippen LogP contribution in [0.15, 0.2) is 60.7 Å². The van der Waals surface area contributed by atoms with Gasteiger partial charge in [0.2, 0.25) is 5.91 Å². The molecule has 180 valence electrons. The number of rotatable bonds is 6. The SMILES string of the molecule is O=C(O)COc1ccc(Cl)cc1C1c2ccccc2CCN1C(=O)C1CC1c1ccc(Cl)cc1Cl. The fourth-order valence-corrected chi connectivity index (χ4v) is 5.70. The number of carboxylic acids is 1. The van der Waals surface area contributed by atoms with Gasteiger partial charge in [-0.25, -0.2) is 4.79 Å². The summed E-state index contributed by atoms with van der Waals surface area (Å²) in [7, 11) is 0. The van der Waals surface area contributed by atoms with Crippen molar-refractivity contribution in [3.8, 4) is 5.75 Å². The fourth-order valence-electron chi connectivity index (χ4n) is 4.97. The molecule has 1 amide bonds. The number of fused-ring (bicyclic) bond motifs is 1. The van der Waals surface area contributed by atoms with E-state index >= 15 is 0 Å². The lowest BCUT2D eigenvalue weighted by Crippen LogP contribution is -2.41. The fraction of sp³-hybridized carbons (Fsp3) is 0.259.